The Hall–Kier alpha value is -2.30. The van der Waals surface area contributed by atoms with Gasteiger partial charge < -0.3 is 39.8 Å². The van der Waals surface area contributed by atoms with Gasteiger partial charge in [0.25, 0.3) is 0 Å². The van der Waals surface area contributed by atoms with Gasteiger partial charge in [-0.05, 0) is 46.5 Å². The maximum atomic E-state index is 12.6. The summed E-state index contributed by atoms with van der Waals surface area (Å²) in [5, 5.41) is 25.4. The lowest BCUT2D eigenvalue weighted by atomic mass is 9.89. The normalized spacial score (nSPS) is 33.3. The number of fused-ring (bicyclic) bond motifs is 1. The van der Waals surface area contributed by atoms with Gasteiger partial charge in [0.05, 0.1) is 12.6 Å². The fourth-order valence-corrected chi connectivity index (χ4v) is 5.11. The van der Waals surface area contributed by atoms with Gasteiger partial charge in [-0.15, -0.1) is 0 Å². The number of ether oxygens (including phenoxy) is 3. The number of likely N-dealkylation sites (tertiary alicyclic amines) is 2. The molecule has 35 heavy (non-hydrogen) atoms. The van der Waals surface area contributed by atoms with E-state index in [-0.39, 0.29) is 30.6 Å². The molecule has 5 atom stereocenters. The van der Waals surface area contributed by atoms with Crippen LogP contribution in [0.4, 0.5) is 0 Å². The van der Waals surface area contributed by atoms with Crippen molar-refractivity contribution in [1.29, 1.82) is 5.26 Å². The first-order valence-corrected chi connectivity index (χ1v) is 12.2. The molecule has 0 aromatic carbocycles. The van der Waals surface area contributed by atoms with Crippen LogP contribution >= 0.6 is 0 Å². The first-order chi connectivity index (χ1) is 16.5. The lowest BCUT2D eigenvalue weighted by Gasteiger charge is -2.40. The van der Waals surface area contributed by atoms with Crippen molar-refractivity contribution in [1.82, 2.24) is 20.4 Å². The van der Waals surface area contributed by atoms with Gasteiger partial charge >= 0.3 is 11.8 Å². The van der Waals surface area contributed by atoms with Gasteiger partial charge in [0, 0.05) is 31.7 Å². The zero-order chi connectivity index (χ0) is 25.4. The van der Waals surface area contributed by atoms with Crippen molar-refractivity contribution >= 4 is 17.7 Å². The van der Waals surface area contributed by atoms with Crippen molar-refractivity contribution in [2.45, 2.75) is 88.4 Å². The number of piperidine rings is 1. The topological polar surface area (TPSA) is 153 Å². The molecule has 4 aliphatic rings. The molecule has 12 heteroatoms. The van der Waals surface area contributed by atoms with Gasteiger partial charge in [0.1, 0.15) is 24.4 Å². The van der Waals surface area contributed by atoms with Crippen molar-refractivity contribution in [2.24, 2.45) is 0 Å². The quantitative estimate of drug-likeness (QED) is 0.402. The second kappa shape index (κ2) is 9.99. The van der Waals surface area contributed by atoms with E-state index in [4.69, 9.17) is 14.2 Å². The van der Waals surface area contributed by atoms with Crippen molar-refractivity contribution < 1.29 is 33.7 Å². The molecule has 4 saturated heterocycles. The average molecular weight is 494 g/mol. The predicted octanol–water partition coefficient (Wildman–Crippen LogP) is -1.17. The van der Waals surface area contributed by atoms with E-state index in [1.54, 1.807) is 18.7 Å². The number of carbonyl (C=O) groups is 3. The molecule has 4 unspecified atom stereocenters. The highest BCUT2D eigenvalue weighted by Crippen LogP contribution is 2.37. The summed E-state index contributed by atoms with van der Waals surface area (Å²) in [6.07, 6.45) is -0.353. The summed E-state index contributed by atoms with van der Waals surface area (Å²) in [6.45, 7) is 6.90. The number of nitrogens with one attached hydrogen (secondary N) is 2. The molecule has 0 aliphatic carbocycles. The van der Waals surface area contributed by atoms with Crippen LogP contribution in [-0.4, -0.2) is 107 Å². The summed E-state index contributed by atoms with van der Waals surface area (Å²) in [5.74, 6) is -2.34. The van der Waals surface area contributed by atoms with Crippen LogP contribution in [0.1, 0.15) is 46.5 Å². The standard InChI is InChI=1S/C23H35N5O7/c1-22(2)34-18-17(30)15(33-21(18)35-22)12-25-19(31)20(32)27-9-6-23(3,7-10-27)26-13-16(29)28-8-4-5-14(28)11-24/h14-15,17-18,21,26,30H,4-10,12-13H2,1-3H3,(H,25,31)/t14-,15?,17?,18?,21?/m0/s1. The van der Waals surface area contributed by atoms with Crippen LogP contribution in [0.25, 0.3) is 0 Å². The molecular formula is C23H35N5O7. The van der Waals surface area contributed by atoms with Gasteiger partial charge in [-0.2, -0.15) is 5.26 Å². The molecule has 3 amide bonds. The van der Waals surface area contributed by atoms with E-state index in [0.717, 1.165) is 6.42 Å². The summed E-state index contributed by atoms with van der Waals surface area (Å²) in [4.78, 5) is 40.7. The van der Waals surface area contributed by atoms with Crippen molar-refractivity contribution in [3.63, 3.8) is 0 Å². The number of rotatable bonds is 5. The van der Waals surface area contributed by atoms with E-state index in [1.165, 1.54) is 4.90 Å². The van der Waals surface area contributed by atoms with Crippen LogP contribution in [-0.2, 0) is 28.6 Å². The van der Waals surface area contributed by atoms with E-state index in [9.17, 15) is 24.8 Å². The van der Waals surface area contributed by atoms with Crippen LogP contribution in [0, 0.1) is 11.3 Å². The van der Waals surface area contributed by atoms with Crippen LogP contribution < -0.4 is 10.6 Å². The SMILES string of the molecule is CC1(NCC(=O)N2CCC[C@H]2C#N)CCN(C(=O)C(=O)NCC2OC3OC(C)(C)OC3C2O)CC1. The van der Waals surface area contributed by atoms with Gasteiger partial charge in [0.15, 0.2) is 12.1 Å². The largest absolute Gasteiger partial charge is 0.387 e. The molecule has 194 valence electrons. The number of nitriles is 1. The zero-order valence-electron chi connectivity index (χ0n) is 20.5. The highest BCUT2D eigenvalue weighted by Gasteiger charge is 2.54. The van der Waals surface area contributed by atoms with Crippen LogP contribution in [0.5, 0.6) is 0 Å². The molecule has 0 saturated carbocycles. The minimum atomic E-state index is -0.981. The fraction of sp³-hybridized carbons (Fsp3) is 0.826. The number of hydrogen-bond acceptors (Lipinski definition) is 9. The van der Waals surface area contributed by atoms with Crippen LogP contribution in [0.15, 0.2) is 0 Å². The first-order valence-electron chi connectivity index (χ1n) is 12.2. The Balaban J connectivity index is 1.18. The molecule has 4 aliphatic heterocycles. The highest BCUT2D eigenvalue weighted by molar-refractivity contribution is 6.35. The summed E-state index contributed by atoms with van der Waals surface area (Å²) in [7, 11) is 0. The number of amides is 3. The van der Waals surface area contributed by atoms with Crippen molar-refractivity contribution in [2.75, 3.05) is 32.7 Å². The van der Waals surface area contributed by atoms with E-state index < -0.39 is 42.2 Å². The summed E-state index contributed by atoms with van der Waals surface area (Å²) >= 11 is 0. The number of aliphatic hydroxyl groups excluding tert-OH is 1. The Labute approximate surface area is 204 Å². The molecule has 4 fully saturated rings. The van der Waals surface area contributed by atoms with Crippen molar-refractivity contribution in [3.8, 4) is 6.07 Å². The Kier molecular flexibility index (Phi) is 7.36. The van der Waals surface area contributed by atoms with Gasteiger partial charge in [0.2, 0.25) is 5.91 Å². The van der Waals surface area contributed by atoms with Gasteiger partial charge in [-0.25, -0.2) is 0 Å². The maximum absolute atomic E-state index is 12.6. The molecule has 0 aromatic rings. The molecule has 3 N–H and O–H groups in total. The van der Waals surface area contributed by atoms with E-state index in [2.05, 4.69) is 16.7 Å². The van der Waals surface area contributed by atoms with Gasteiger partial charge in [-0.1, -0.05) is 0 Å². The third kappa shape index (κ3) is 5.59. The van der Waals surface area contributed by atoms with E-state index in [1.807, 2.05) is 6.92 Å². The third-order valence-electron chi connectivity index (χ3n) is 7.32. The molecule has 12 nitrogen and oxygen atoms in total. The molecule has 0 aromatic heterocycles. The molecule has 4 heterocycles. The fourth-order valence-electron chi connectivity index (χ4n) is 5.11. The van der Waals surface area contributed by atoms with E-state index >= 15 is 0 Å². The molecule has 4 rings (SSSR count). The number of carbonyl (C=O) groups excluding carboxylic acids is 3. The smallest absolute Gasteiger partial charge is 0.311 e. The number of aliphatic hydroxyl groups is 1. The summed E-state index contributed by atoms with van der Waals surface area (Å²) in [6, 6.07) is 1.83. The number of nitrogens with zero attached hydrogens (tertiary/aromatic N) is 3. The minimum absolute atomic E-state index is 0.0404. The Morgan fingerprint density at radius 2 is 1.86 bits per heavy atom. The summed E-state index contributed by atoms with van der Waals surface area (Å²) < 4.78 is 16.8. The zero-order valence-corrected chi connectivity index (χ0v) is 20.5. The van der Waals surface area contributed by atoms with Crippen LogP contribution in [0.2, 0.25) is 0 Å². The third-order valence-corrected chi connectivity index (χ3v) is 7.32. The molecular weight excluding hydrogens is 458 g/mol. The monoisotopic (exact) mass is 493 g/mol. The molecule has 0 bridgehead atoms. The average Bonchev–Trinajstić information content (AvgIpc) is 3.49. The van der Waals surface area contributed by atoms with Gasteiger partial charge in [-0.3, -0.25) is 14.4 Å². The Morgan fingerprint density at radius 1 is 1.14 bits per heavy atom. The Morgan fingerprint density at radius 3 is 2.51 bits per heavy atom. The minimum Gasteiger partial charge on any atom is -0.387 e. The van der Waals surface area contributed by atoms with Crippen molar-refractivity contribution in [3.05, 3.63) is 0 Å². The maximum Gasteiger partial charge on any atom is 0.311 e. The second-order valence-corrected chi connectivity index (χ2v) is 10.4. The number of hydrogen-bond donors (Lipinski definition) is 3. The Bertz CT molecular complexity index is 882. The predicted molar refractivity (Wildman–Crippen MR) is 120 cm³/mol. The molecule has 0 radical (unpaired) electrons. The first kappa shape index (κ1) is 25.8. The van der Waals surface area contributed by atoms with Crippen LogP contribution in [0.3, 0.4) is 0 Å². The second-order valence-electron chi connectivity index (χ2n) is 10.4. The van der Waals surface area contributed by atoms with E-state index in [0.29, 0.717) is 38.9 Å². The molecule has 0 spiro atoms. The highest BCUT2D eigenvalue weighted by atomic mass is 16.8. The summed E-state index contributed by atoms with van der Waals surface area (Å²) in [5.41, 5.74) is -0.349. The lowest BCUT2D eigenvalue weighted by Crippen LogP contribution is -2.57. The lowest BCUT2D eigenvalue weighted by molar-refractivity contribution is -0.214.